The van der Waals surface area contributed by atoms with Crippen LogP contribution in [0.15, 0.2) is 43.1 Å². The molecular formula is C59H89N9O3. The monoisotopic (exact) mass is 972 g/mol. The van der Waals surface area contributed by atoms with Gasteiger partial charge < -0.3 is 4.90 Å². The molecule has 0 spiro atoms. The maximum Gasteiger partial charge on any atom is 0.233 e. The lowest BCUT2D eigenvalue weighted by Gasteiger charge is -2.33. The molecule has 0 saturated carbocycles. The zero-order valence-corrected chi connectivity index (χ0v) is 48.3. The second-order valence-electron chi connectivity index (χ2n) is 27.8. The largest absolute Gasteiger partial charge is 0.351 e. The predicted molar refractivity (Wildman–Crippen MR) is 293 cm³/mol. The maximum atomic E-state index is 12.2. The highest BCUT2D eigenvalue weighted by molar-refractivity contribution is 6.03. The molecule has 8 heterocycles. The lowest BCUT2D eigenvalue weighted by atomic mass is 9.84. The van der Waals surface area contributed by atoms with E-state index in [1.807, 2.05) is 103 Å². The Labute approximate surface area is 428 Å². The van der Waals surface area contributed by atoms with Crippen molar-refractivity contribution in [3.8, 4) is 0 Å². The Morgan fingerprint density at radius 1 is 0.366 bits per heavy atom. The first-order valence-electron chi connectivity index (χ1n) is 25.6. The molecule has 12 nitrogen and oxygen atoms in total. The molecule has 0 aromatic carbocycles. The average Bonchev–Trinajstić information content (AvgIpc) is 3.95. The van der Waals surface area contributed by atoms with Crippen LogP contribution in [0.4, 0.5) is 23.3 Å². The van der Waals surface area contributed by atoms with Gasteiger partial charge in [0.05, 0.1) is 25.0 Å². The molecule has 71 heavy (non-hydrogen) atoms. The van der Waals surface area contributed by atoms with Crippen LogP contribution < -0.4 is 19.6 Å². The van der Waals surface area contributed by atoms with Crippen molar-refractivity contribution in [2.45, 2.75) is 236 Å². The highest BCUT2D eigenvalue weighted by atomic mass is 16.2. The Kier molecular flexibility index (Phi) is 15.4. The van der Waals surface area contributed by atoms with Crippen molar-refractivity contribution in [2.24, 2.45) is 0 Å². The van der Waals surface area contributed by atoms with Crippen LogP contribution in [0.3, 0.4) is 0 Å². The minimum absolute atomic E-state index is 0.0429. The Bertz CT molecular complexity index is 2410. The smallest absolute Gasteiger partial charge is 0.233 e. The summed E-state index contributed by atoms with van der Waals surface area (Å²) in [6.07, 6.45) is 9.67. The van der Waals surface area contributed by atoms with E-state index in [1.54, 1.807) is 11.2 Å². The molecule has 4 aromatic heterocycles. The van der Waals surface area contributed by atoms with Crippen LogP contribution in [0.1, 0.15) is 211 Å². The van der Waals surface area contributed by atoms with Gasteiger partial charge in [0, 0.05) is 75.0 Å². The van der Waals surface area contributed by atoms with Crippen LogP contribution in [0, 0.1) is 0 Å². The van der Waals surface area contributed by atoms with Crippen molar-refractivity contribution in [2.75, 3.05) is 26.1 Å². The van der Waals surface area contributed by atoms with Crippen molar-refractivity contribution < 1.29 is 14.4 Å². The van der Waals surface area contributed by atoms with Gasteiger partial charge in [-0.1, -0.05) is 83.1 Å². The van der Waals surface area contributed by atoms with E-state index in [2.05, 4.69) is 140 Å². The minimum Gasteiger partial charge on any atom is -0.351 e. The van der Waals surface area contributed by atoms with E-state index in [0.29, 0.717) is 19.3 Å². The van der Waals surface area contributed by atoms with Crippen LogP contribution >= 0.6 is 0 Å². The van der Waals surface area contributed by atoms with Gasteiger partial charge in [0.15, 0.2) is 0 Å². The molecule has 8 rings (SSSR count). The lowest BCUT2D eigenvalue weighted by molar-refractivity contribution is -0.119. The summed E-state index contributed by atoms with van der Waals surface area (Å²) in [4.78, 5) is 66.8. The van der Waals surface area contributed by atoms with Crippen molar-refractivity contribution in [1.82, 2.24) is 24.9 Å². The summed E-state index contributed by atoms with van der Waals surface area (Å²) in [5.74, 6) is 4.10. The van der Waals surface area contributed by atoms with Gasteiger partial charge in [-0.25, -0.2) is 24.9 Å². The third-order valence-electron chi connectivity index (χ3n) is 13.2. The highest BCUT2D eigenvalue weighted by Gasteiger charge is 2.42. The van der Waals surface area contributed by atoms with E-state index in [1.165, 1.54) is 28.1 Å². The van der Waals surface area contributed by atoms with Crippen LogP contribution in [-0.2, 0) is 61.7 Å². The number of aromatic nitrogens is 5. The number of carbonyl (C=O) groups is 3. The predicted octanol–water partition coefficient (Wildman–Crippen LogP) is 12.1. The molecule has 12 heteroatoms. The van der Waals surface area contributed by atoms with Crippen molar-refractivity contribution in [1.29, 1.82) is 0 Å². The van der Waals surface area contributed by atoms with Crippen molar-refractivity contribution >= 4 is 41.0 Å². The van der Waals surface area contributed by atoms with Gasteiger partial charge in [-0.3, -0.25) is 29.1 Å². The first-order chi connectivity index (χ1) is 32.1. The molecule has 0 N–H and O–H groups in total. The van der Waals surface area contributed by atoms with E-state index in [9.17, 15) is 14.4 Å². The van der Waals surface area contributed by atoms with Gasteiger partial charge in [0.2, 0.25) is 17.7 Å². The molecule has 0 atom stereocenters. The normalized spacial score (nSPS) is 16.1. The Morgan fingerprint density at radius 3 is 1.01 bits per heavy atom. The van der Waals surface area contributed by atoms with E-state index in [-0.39, 0.29) is 61.5 Å². The first kappa shape index (κ1) is 56.7. The Balaban J connectivity index is 0.000000176. The van der Waals surface area contributed by atoms with E-state index in [4.69, 9.17) is 0 Å². The van der Waals surface area contributed by atoms with Crippen LogP contribution in [0.2, 0.25) is 0 Å². The second-order valence-corrected chi connectivity index (χ2v) is 27.8. The number of amides is 3. The van der Waals surface area contributed by atoms with E-state index < -0.39 is 0 Å². The zero-order valence-electron chi connectivity index (χ0n) is 48.3. The second kappa shape index (κ2) is 19.3. The summed E-state index contributed by atoms with van der Waals surface area (Å²) in [5, 5.41) is 0. The molecule has 3 amide bonds. The van der Waals surface area contributed by atoms with Crippen LogP contribution in [0.5, 0.6) is 0 Å². The van der Waals surface area contributed by atoms with Gasteiger partial charge in [-0.15, -0.1) is 0 Å². The average molecular weight is 972 g/mol. The maximum absolute atomic E-state index is 12.2. The number of nitrogens with zero attached hydrogens (tertiary/aromatic N) is 9. The van der Waals surface area contributed by atoms with Crippen LogP contribution in [-0.4, -0.2) is 71.3 Å². The van der Waals surface area contributed by atoms with Crippen molar-refractivity contribution in [3.63, 3.8) is 0 Å². The fraction of sp³-hybridized carbons (Fsp3) is 0.627. The zero-order chi connectivity index (χ0) is 54.0. The summed E-state index contributed by atoms with van der Waals surface area (Å²) in [5.41, 5.74) is 9.25. The number of pyridine rings is 3. The molecule has 0 radical (unpaired) electrons. The van der Waals surface area contributed by atoms with E-state index >= 15 is 0 Å². The molecule has 0 unspecified atom stereocenters. The van der Waals surface area contributed by atoms with E-state index in [0.717, 1.165) is 52.8 Å². The molecule has 0 bridgehead atoms. The van der Waals surface area contributed by atoms with Crippen molar-refractivity contribution in [3.05, 3.63) is 87.8 Å². The van der Waals surface area contributed by atoms with Crippen LogP contribution in [0.25, 0.3) is 0 Å². The molecule has 4 aliphatic rings. The standard InChI is InChI=1S/2C15H22N2O.C15H24N2.C14H21N3O/c2*1-14(2,3)11-7-8-16-13-10(11)9-12(18)17(13)15(4,5)6;1-14(2,3)12-7-9-16-13-11(12)8-10-17(13)15(4,5)6;1-13(2,3)11-9-7-10(18)17(14(4,5)6)12(9)16-8-15-11/h2*7-8H,9H2,1-6H3;7,9H,8,10H2,1-6H3;8H,7H2,1-6H3. The molecule has 0 aliphatic carbocycles. The van der Waals surface area contributed by atoms with Gasteiger partial charge in [-0.2, -0.15) is 0 Å². The number of anilines is 4. The first-order valence-corrected chi connectivity index (χ1v) is 25.6. The lowest BCUT2D eigenvalue weighted by Crippen LogP contribution is -2.44. The summed E-state index contributed by atoms with van der Waals surface area (Å²) in [6, 6.07) is 6.27. The topological polar surface area (TPSA) is 129 Å². The summed E-state index contributed by atoms with van der Waals surface area (Å²) < 4.78 is 0. The number of rotatable bonds is 0. The Morgan fingerprint density at radius 2 is 0.690 bits per heavy atom. The molecule has 4 aliphatic heterocycles. The van der Waals surface area contributed by atoms with Gasteiger partial charge in [0.25, 0.3) is 0 Å². The quantitative estimate of drug-likeness (QED) is 0.169. The third kappa shape index (κ3) is 12.3. The Hall–Kier alpha value is -5.26. The minimum atomic E-state index is -0.244. The highest BCUT2D eigenvalue weighted by Crippen LogP contribution is 2.42. The molecule has 0 fully saturated rings. The third-order valence-corrected chi connectivity index (χ3v) is 13.2. The summed E-state index contributed by atoms with van der Waals surface area (Å²) in [6.45, 7) is 52.4. The van der Waals surface area contributed by atoms with Gasteiger partial charge in [-0.05, 0) is 141 Å². The molecule has 388 valence electrons. The summed E-state index contributed by atoms with van der Waals surface area (Å²) >= 11 is 0. The fourth-order valence-electron chi connectivity index (χ4n) is 10.3. The molecular weight excluding hydrogens is 883 g/mol. The number of carbonyl (C=O) groups excluding carboxylic acids is 3. The fourth-order valence-corrected chi connectivity index (χ4v) is 10.3. The number of hydrogen-bond donors (Lipinski definition) is 0. The molecule has 0 saturated heterocycles. The van der Waals surface area contributed by atoms with Gasteiger partial charge in [0.1, 0.15) is 29.6 Å². The van der Waals surface area contributed by atoms with Gasteiger partial charge >= 0.3 is 0 Å². The number of fused-ring (bicyclic) bond motifs is 4. The number of hydrogen-bond acceptors (Lipinski definition) is 9. The summed E-state index contributed by atoms with van der Waals surface area (Å²) in [7, 11) is 0. The SMILES string of the molecule is CC(C)(C)c1ccnc2c1CC(=O)N2C(C)(C)C.CC(C)(C)c1ccnc2c1CC(=O)N2C(C)(C)C.CC(C)(C)c1ccnc2c1CCN2C(C)(C)C.CC(C)(C)c1ncnc2c1CC(=O)N2C(C)(C)C. The molecule has 4 aromatic rings.